The van der Waals surface area contributed by atoms with E-state index in [1.807, 2.05) is 30.3 Å². The van der Waals surface area contributed by atoms with Gasteiger partial charge in [0.25, 0.3) is 5.91 Å². The molecule has 138 valence electrons. The second kappa shape index (κ2) is 6.98. The van der Waals surface area contributed by atoms with Gasteiger partial charge in [-0.2, -0.15) is 0 Å². The quantitative estimate of drug-likeness (QED) is 0.666. The summed E-state index contributed by atoms with van der Waals surface area (Å²) < 4.78 is 3.24. The van der Waals surface area contributed by atoms with Crippen molar-refractivity contribution < 1.29 is 9.59 Å². The summed E-state index contributed by atoms with van der Waals surface area (Å²) in [5.74, 6) is 0.0174. The van der Waals surface area contributed by atoms with Crippen molar-refractivity contribution >= 4 is 11.8 Å². The zero-order chi connectivity index (χ0) is 18.8. The summed E-state index contributed by atoms with van der Waals surface area (Å²) in [6, 6.07) is 9.16. The minimum Gasteiger partial charge on any atom is -0.364 e. The van der Waals surface area contributed by atoms with Crippen molar-refractivity contribution in [1.82, 2.24) is 34.7 Å². The van der Waals surface area contributed by atoms with Crippen molar-refractivity contribution in [1.29, 1.82) is 0 Å². The Morgan fingerprint density at radius 2 is 2.00 bits per heavy atom. The maximum Gasteiger partial charge on any atom is 0.266 e. The molecule has 0 aliphatic carbocycles. The molecular formula is C17H18N8O2. The molecule has 3 heterocycles. The minimum atomic E-state index is -0.556. The van der Waals surface area contributed by atoms with E-state index in [-0.39, 0.29) is 5.91 Å². The second-order valence-corrected chi connectivity index (χ2v) is 6.33. The van der Waals surface area contributed by atoms with Crippen LogP contribution in [0.2, 0.25) is 0 Å². The standard InChI is InChI=1S/C17H18N8O2/c18-16(26)14-9-19-15-10-23(6-7-24(14)15)17(27)13(25-11-20-21-22-25)8-12-4-2-1-3-5-12/h1-5,9,11,13H,6-8,10H2,(H2,18,26). The predicted molar refractivity (Wildman–Crippen MR) is 93.2 cm³/mol. The van der Waals surface area contributed by atoms with Gasteiger partial charge in [-0.3, -0.25) is 9.59 Å². The van der Waals surface area contributed by atoms with Gasteiger partial charge in [0.1, 0.15) is 23.9 Å². The lowest BCUT2D eigenvalue weighted by molar-refractivity contribution is -0.136. The number of imidazole rings is 1. The highest BCUT2D eigenvalue weighted by Gasteiger charge is 2.31. The van der Waals surface area contributed by atoms with Gasteiger partial charge in [0.05, 0.1) is 12.7 Å². The van der Waals surface area contributed by atoms with Crippen molar-refractivity contribution in [3.05, 3.63) is 59.9 Å². The molecule has 1 unspecified atom stereocenters. The van der Waals surface area contributed by atoms with Gasteiger partial charge in [-0.25, -0.2) is 9.67 Å². The molecule has 0 radical (unpaired) electrons. The summed E-state index contributed by atoms with van der Waals surface area (Å²) in [6.07, 6.45) is 3.37. The minimum absolute atomic E-state index is 0.0963. The third kappa shape index (κ3) is 3.28. The fraction of sp³-hybridized carbons (Fsp3) is 0.294. The fourth-order valence-corrected chi connectivity index (χ4v) is 3.30. The maximum absolute atomic E-state index is 13.2. The van der Waals surface area contributed by atoms with Gasteiger partial charge < -0.3 is 15.2 Å². The van der Waals surface area contributed by atoms with Crippen LogP contribution in [0, 0.1) is 0 Å². The lowest BCUT2D eigenvalue weighted by atomic mass is 10.0. The van der Waals surface area contributed by atoms with Crippen LogP contribution in [-0.4, -0.2) is 53.0 Å². The monoisotopic (exact) mass is 366 g/mol. The number of benzene rings is 1. The van der Waals surface area contributed by atoms with Crippen LogP contribution in [0.5, 0.6) is 0 Å². The molecule has 1 aromatic carbocycles. The highest BCUT2D eigenvalue weighted by atomic mass is 16.2. The molecule has 4 rings (SSSR count). The van der Waals surface area contributed by atoms with E-state index < -0.39 is 11.9 Å². The van der Waals surface area contributed by atoms with Crippen molar-refractivity contribution in [3.63, 3.8) is 0 Å². The van der Waals surface area contributed by atoms with E-state index in [0.717, 1.165) is 5.56 Å². The van der Waals surface area contributed by atoms with E-state index in [1.54, 1.807) is 9.47 Å². The van der Waals surface area contributed by atoms with Gasteiger partial charge in [0, 0.05) is 19.5 Å². The molecule has 0 saturated heterocycles. The first-order chi connectivity index (χ1) is 13.1. The Morgan fingerprint density at radius 3 is 2.70 bits per heavy atom. The Hall–Kier alpha value is -3.56. The Kier molecular flexibility index (Phi) is 4.37. The van der Waals surface area contributed by atoms with E-state index in [9.17, 15) is 9.59 Å². The number of primary amides is 1. The molecular weight excluding hydrogens is 348 g/mol. The molecule has 10 nitrogen and oxygen atoms in total. The number of carbonyl (C=O) groups is 2. The molecule has 2 aromatic heterocycles. The SMILES string of the molecule is NC(=O)c1cnc2n1CCN(C(=O)C(Cc1ccccc1)n1cnnn1)C2. The van der Waals surface area contributed by atoms with Crippen LogP contribution in [0.1, 0.15) is 27.9 Å². The van der Waals surface area contributed by atoms with Gasteiger partial charge in [-0.05, 0) is 16.0 Å². The van der Waals surface area contributed by atoms with Gasteiger partial charge in [-0.1, -0.05) is 30.3 Å². The highest BCUT2D eigenvalue weighted by molar-refractivity contribution is 5.91. The van der Waals surface area contributed by atoms with Crippen LogP contribution >= 0.6 is 0 Å². The van der Waals surface area contributed by atoms with E-state index in [0.29, 0.717) is 37.6 Å². The van der Waals surface area contributed by atoms with Gasteiger partial charge in [0.15, 0.2) is 0 Å². The average molecular weight is 366 g/mol. The molecule has 10 heteroatoms. The number of hydrogen-bond donors (Lipinski definition) is 1. The third-order valence-electron chi connectivity index (χ3n) is 4.67. The molecule has 0 spiro atoms. The van der Waals surface area contributed by atoms with Crippen LogP contribution in [-0.2, 0) is 24.3 Å². The lowest BCUT2D eigenvalue weighted by Gasteiger charge is -2.31. The Balaban J connectivity index is 1.57. The van der Waals surface area contributed by atoms with Crippen molar-refractivity contribution in [2.75, 3.05) is 6.54 Å². The van der Waals surface area contributed by atoms with Gasteiger partial charge in [-0.15, -0.1) is 5.10 Å². The zero-order valence-electron chi connectivity index (χ0n) is 14.5. The topological polar surface area (TPSA) is 125 Å². The fourth-order valence-electron chi connectivity index (χ4n) is 3.30. The van der Waals surface area contributed by atoms with E-state index in [1.165, 1.54) is 17.2 Å². The average Bonchev–Trinajstić information content (AvgIpc) is 3.35. The largest absolute Gasteiger partial charge is 0.364 e. The van der Waals surface area contributed by atoms with Crippen LogP contribution < -0.4 is 5.73 Å². The number of tetrazole rings is 1. The van der Waals surface area contributed by atoms with Gasteiger partial charge >= 0.3 is 0 Å². The zero-order valence-corrected chi connectivity index (χ0v) is 14.5. The molecule has 2 N–H and O–H groups in total. The van der Waals surface area contributed by atoms with E-state index in [4.69, 9.17) is 5.73 Å². The van der Waals surface area contributed by atoms with Crippen LogP contribution in [0.4, 0.5) is 0 Å². The normalized spacial score (nSPS) is 14.6. The molecule has 0 saturated carbocycles. The molecule has 2 amide bonds. The highest BCUT2D eigenvalue weighted by Crippen LogP contribution is 2.21. The first-order valence-corrected chi connectivity index (χ1v) is 8.53. The smallest absolute Gasteiger partial charge is 0.266 e. The lowest BCUT2D eigenvalue weighted by Crippen LogP contribution is -2.43. The molecule has 27 heavy (non-hydrogen) atoms. The summed E-state index contributed by atoms with van der Waals surface area (Å²) in [5, 5.41) is 11.3. The summed E-state index contributed by atoms with van der Waals surface area (Å²) in [6.45, 7) is 1.22. The number of nitrogens with two attached hydrogens (primary N) is 1. The van der Waals surface area contributed by atoms with Crippen molar-refractivity contribution in [2.24, 2.45) is 5.73 Å². The number of carbonyl (C=O) groups excluding carboxylic acids is 2. The second-order valence-electron chi connectivity index (χ2n) is 6.33. The predicted octanol–water partition coefficient (Wildman–Crippen LogP) is -0.205. The molecule has 0 fully saturated rings. The first-order valence-electron chi connectivity index (χ1n) is 8.53. The third-order valence-corrected chi connectivity index (χ3v) is 4.67. The number of amides is 2. The molecule has 3 aromatic rings. The van der Waals surface area contributed by atoms with Crippen LogP contribution in [0.25, 0.3) is 0 Å². The number of rotatable bonds is 5. The first kappa shape index (κ1) is 16.9. The van der Waals surface area contributed by atoms with E-state index in [2.05, 4.69) is 20.5 Å². The summed E-state index contributed by atoms with van der Waals surface area (Å²) >= 11 is 0. The molecule has 0 bridgehead atoms. The molecule has 1 aliphatic heterocycles. The Bertz CT molecular complexity index is 951. The Morgan fingerprint density at radius 1 is 1.19 bits per heavy atom. The number of nitrogens with zero attached hydrogens (tertiary/aromatic N) is 7. The molecule has 1 atom stereocenters. The van der Waals surface area contributed by atoms with Gasteiger partial charge in [0.2, 0.25) is 5.91 Å². The van der Waals surface area contributed by atoms with E-state index >= 15 is 0 Å². The summed E-state index contributed by atoms with van der Waals surface area (Å²) in [4.78, 5) is 30.7. The van der Waals surface area contributed by atoms with Crippen molar-refractivity contribution in [3.8, 4) is 0 Å². The van der Waals surface area contributed by atoms with Crippen LogP contribution in [0.3, 0.4) is 0 Å². The maximum atomic E-state index is 13.2. The molecule has 1 aliphatic rings. The summed E-state index contributed by atoms with van der Waals surface area (Å²) in [7, 11) is 0. The number of fused-ring (bicyclic) bond motifs is 1. The van der Waals surface area contributed by atoms with Crippen molar-refractivity contribution in [2.45, 2.75) is 25.6 Å². The Labute approximate surface area is 154 Å². The summed E-state index contributed by atoms with van der Waals surface area (Å²) in [5.41, 5.74) is 6.74. The number of aromatic nitrogens is 6. The number of hydrogen-bond acceptors (Lipinski definition) is 6. The van der Waals surface area contributed by atoms with Crippen LogP contribution in [0.15, 0.2) is 42.9 Å².